The lowest BCUT2D eigenvalue weighted by Crippen LogP contribution is -2.50. The molecule has 0 aliphatic carbocycles. The topological polar surface area (TPSA) is 50.8 Å². The Hall–Kier alpha value is -2.74. The Kier molecular flexibility index (Phi) is 3.80. The maximum absolute atomic E-state index is 13.0. The van der Waals surface area contributed by atoms with Crippen LogP contribution >= 0.6 is 11.3 Å². The first kappa shape index (κ1) is 16.7. The molecule has 0 atom stereocenters. The van der Waals surface area contributed by atoms with Crippen LogP contribution in [0.3, 0.4) is 0 Å². The van der Waals surface area contributed by atoms with Crippen molar-refractivity contribution in [2.45, 2.75) is 19.8 Å². The van der Waals surface area contributed by atoms with E-state index < -0.39 is 18.5 Å². The van der Waals surface area contributed by atoms with E-state index in [4.69, 9.17) is 0 Å². The van der Waals surface area contributed by atoms with Gasteiger partial charge in [-0.2, -0.15) is 22.7 Å². The maximum atomic E-state index is 13.0. The molecule has 132 valence electrons. The third-order valence-electron chi connectivity index (χ3n) is 4.27. The number of hydrogen-bond donors (Lipinski definition) is 0. The van der Waals surface area contributed by atoms with E-state index >= 15 is 0 Å². The number of nitrogens with zero attached hydrogens (tertiary/aromatic N) is 4. The van der Waals surface area contributed by atoms with Gasteiger partial charge in [-0.15, -0.1) is 11.3 Å². The zero-order chi connectivity index (χ0) is 18.5. The summed E-state index contributed by atoms with van der Waals surface area (Å²) in [5.74, 6) is -2.90. The first-order valence-electron chi connectivity index (χ1n) is 7.97. The summed E-state index contributed by atoms with van der Waals surface area (Å²) >= 11 is 1.52. The zero-order valence-electron chi connectivity index (χ0n) is 14.1. The Labute approximate surface area is 152 Å². The molecule has 1 aliphatic heterocycles. The Morgan fingerprint density at radius 3 is 2.77 bits per heavy atom. The van der Waals surface area contributed by atoms with Gasteiger partial charge in [-0.05, 0) is 32.0 Å². The fraction of sp³-hybridized carbons (Fsp3) is 0.222. The predicted molar refractivity (Wildman–Crippen MR) is 95.2 cm³/mol. The van der Waals surface area contributed by atoms with Gasteiger partial charge in [0.05, 0.1) is 10.6 Å². The molecule has 0 spiro atoms. The summed E-state index contributed by atoms with van der Waals surface area (Å²) in [6.07, 6.45) is 5.73. The van der Waals surface area contributed by atoms with Crippen LogP contribution in [-0.2, 0) is 0 Å². The summed E-state index contributed by atoms with van der Waals surface area (Å²) in [4.78, 5) is 22.1. The number of alkyl halides is 2. The quantitative estimate of drug-likeness (QED) is 0.638. The first-order valence-corrected chi connectivity index (χ1v) is 8.78. The number of aryl methyl sites for hydroxylation is 1. The molecular weight excluding hydrogens is 358 g/mol. The summed E-state index contributed by atoms with van der Waals surface area (Å²) < 4.78 is 28.4. The second-order valence-electron chi connectivity index (χ2n) is 6.16. The molecule has 0 bridgehead atoms. The highest BCUT2D eigenvalue weighted by molar-refractivity contribution is 7.18. The van der Waals surface area contributed by atoms with Gasteiger partial charge in [0, 0.05) is 23.5 Å². The van der Waals surface area contributed by atoms with Crippen LogP contribution in [0.25, 0.3) is 21.0 Å². The van der Waals surface area contributed by atoms with Crippen LogP contribution in [0.5, 0.6) is 0 Å². The molecule has 3 aromatic rings. The monoisotopic (exact) mass is 373 g/mol. The Balaban J connectivity index is 1.69. The molecule has 1 amide bonds. The Morgan fingerprint density at radius 1 is 1.35 bits per heavy atom. The number of thiazole rings is 1. The molecule has 0 saturated heterocycles. The smallest absolute Gasteiger partial charge is 0.264 e. The normalized spacial score (nSPS) is 15.5. The van der Waals surface area contributed by atoms with Crippen molar-refractivity contribution in [1.82, 2.24) is 14.5 Å². The van der Waals surface area contributed by atoms with Gasteiger partial charge in [0.15, 0.2) is 6.54 Å². The lowest BCUT2D eigenvalue weighted by molar-refractivity contribution is -0.490. The SMILES string of the molecule is Cc1nc(-c2cccnc2)sc1-c1ccn(C(=O)[N+]2=CC(F)(F)C2)c1C. The average molecular weight is 373 g/mol. The van der Waals surface area contributed by atoms with Gasteiger partial charge in [-0.25, -0.2) is 4.98 Å². The minimum Gasteiger partial charge on any atom is -0.264 e. The highest BCUT2D eigenvalue weighted by Gasteiger charge is 2.46. The number of amides is 1. The Bertz CT molecular complexity index is 1040. The third-order valence-corrected chi connectivity index (χ3v) is 5.51. The van der Waals surface area contributed by atoms with Crippen molar-refractivity contribution in [1.29, 1.82) is 0 Å². The molecule has 0 aromatic carbocycles. The van der Waals surface area contributed by atoms with E-state index in [0.717, 1.165) is 31.3 Å². The van der Waals surface area contributed by atoms with E-state index in [1.165, 1.54) is 15.9 Å². The number of hydrogen-bond acceptors (Lipinski definition) is 4. The molecule has 0 fully saturated rings. The van der Waals surface area contributed by atoms with E-state index in [2.05, 4.69) is 9.97 Å². The van der Waals surface area contributed by atoms with Crippen molar-refractivity contribution in [3.8, 4) is 21.0 Å². The van der Waals surface area contributed by atoms with Gasteiger partial charge >= 0.3 is 12.0 Å². The zero-order valence-corrected chi connectivity index (χ0v) is 14.9. The van der Waals surface area contributed by atoms with Crippen LogP contribution < -0.4 is 0 Å². The van der Waals surface area contributed by atoms with Crippen molar-refractivity contribution in [3.05, 3.63) is 48.2 Å². The van der Waals surface area contributed by atoms with E-state index in [9.17, 15) is 13.6 Å². The second kappa shape index (κ2) is 5.91. The molecule has 1 aliphatic rings. The minimum atomic E-state index is -2.90. The van der Waals surface area contributed by atoms with Crippen molar-refractivity contribution in [3.63, 3.8) is 0 Å². The highest BCUT2D eigenvalue weighted by Crippen LogP contribution is 2.37. The standard InChI is InChI=1S/C18H15F2N4OS/c1-11-15(26-16(22-11)13-4-3-6-21-8-13)14-5-7-24(12(14)2)17(25)23-9-18(19,20)10-23/h3-9H,10H2,1-2H3/q+1. The van der Waals surface area contributed by atoms with Crippen LogP contribution in [0.15, 0.2) is 36.8 Å². The molecule has 0 unspecified atom stereocenters. The van der Waals surface area contributed by atoms with Gasteiger partial charge in [-0.1, -0.05) is 0 Å². The van der Waals surface area contributed by atoms with Crippen LogP contribution in [0.1, 0.15) is 11.4 Å². The van der Waals surface area contributed by atoms with Gasteiger partial charge in [0.2, 0.25) is 0 Å². The fourth-order valence-electron chi connectivity index (χ4n) is 2.91. The molecule has 26 heavy (non-hydrogen) atoms. The van der Waals surface area contributed by atoms with E-state index in [-0.39, 0.29) is 0 Å². The van der Waals surface area contributed by atoms with E-state index in [1.54, 1.807) is 25.5 Å². The average Bonchev–Trinajstić information content (AvgIpc) is 3.15. The first-order chi connectivity index (χ1) is 12.4. The largest absolute Gasteiger partial charge is 0.502 e. The third kappa shape index (κ3) is 2.76. The van der Waals surface area contributed by atoms with Gasteiger partial charge in [-0.3, -0.25) is 4.98 Å². The number of rotatable bonds is 2. The number of aromatic nitrogens is 3. The van der Waals surface area contributed by atoms with Gasteiger partial charge < -0.3 is 0 Å². The molecule has 3 aromatic heterocycles. The number of carbonyl (C=O) groups excluding carboxylic acids is 1. The minimum absolute atomic E-state index is 0.477. The van der Waals surface area contributed by atoms with E-state index in [1.807, 2.05) is 25.1 Å². The molecule has 0 saturated carbocycles. The summed E-state index contributed by atoms with van der Waals surface area (Å²) in [6, 6.07) is 5.13. The molecule has 0 N–H and O–H groups in total. The maximum Gasteiger partial charge on any atom is 0.502 e. The highest BCUT2D eigenvalue weighted by atomic mass is 32.1. The van der Waals surface area contributed by atoms with Gasteiger partial charge in [0.25, 0.3) is 0 Å². The van der Waals surface area contributed by atoms with Crippen LogP contribution in [-0.4, -0.2) is 43.8 Å². The summed E-state index contributed by atoms with van der Waals surface area (Å²) in [5, 5.41) is 0.847. The van der Waals surface area contributed by atoms with Crippen molar-refractivity contribution >= 4 is 23.6 Å². The molecule has 4 heterocycles. The van der Waals surface area contributed by atoms with Crippen molar-refractivity contribution < 1.29 is 18.2 Å². The number of carbonyl (C=O) groups is 1. The summed E-state index contributed by atoms with van der Waals surface area (Å²) in [7, 11) is 0. The molecular formula is C18H15F2N4OS+. The summed E-state index contributed by atoms with van der Waals surface area (Å²) in [6.45, 7) is 3.13. The number of pyridine rings is 1. The lowest BCUT2D eigenvalue weighted by atomic mass is 10.2. The van der Waals surface area contributed by atoms with Gasteiger partial charge in [0.1, 0.15) is 23.1 Å². The predicted octanol–water partition coefficient (Wildman–Crippen LogP) is 3.99. The van der Waals surface area contributed by atoms with Crippen LogP contribution in [0.4, 0.5) is 13.6 Å². The van der Waals surface area contributed by atoms with Crippen LogP contribution in [0, 0.1) is 13.8 Å². The van der Waals surface area contributed by atoms with Crippen molar-refractivity contribution in [2.75, 3.05) is 6.54 Å². The molecule has 4 rings (SSSR count). The molecule has 8 heteroatoms. The fourth-order valence-corrected chi connectivity index (χ4v) is 4.04. The Morgan fingerprint density at radius 2 is 2.12 bits per heavy atom. The van der Waals surface area contributed by atoms with Crippen LogP contribution in [0.2, 0.25) is 0 Å². The second-order valence-corrected chi connectivity index (χ2v) is 7.16. The molecule has 0 radical (unpaired) electrons. The molecule has 5 nitrogen and oxygen atoms in total. The van der Waals surface area contributed by atoms with E-state index in [0.29, 0.717) is 11.9 Å². The number of halogens is 2. The lowest BCUT2D eigenvalue weighted by Gasteiger charge is -2.19. The van der Waals surface area contributed by atoms with Crippen molar-refractivity contribution in [2.24, 2.45) is 0 Å². The summed E-state index contributed by atoms with van der Waals surface area (Å²) in [5.41, 5.74) is 3.35.